The van der Waals surface area contributed by atoms with Crippen LogP contribution >= 0.6 is 0 Å². The first kappa shape index (κ1) is 27.2. The number of carbonyl (C=O) groups excluding carboxylic acids is 1. The normalized spacial score (nSPS) is 22.9. The summed E-state index contributed by atoms with van der Waals surface area (Å²) >= 11 is 0. The average Bonchev–Trinajstić information content (AvgIpc) is 2.96. The summed E-state index contributed by atoms with van der Waals surface area (Å²) in [5.41, 5.74) is 6.36. The van der Waals surface area contributed by atoms with Gasteiger partial charge in [-0.15, -0.1) is 0 Å². The van der Waals surface area contributed by atoms with Crippen molar-refractivity contribution in [1.29, 1.82) is 0 Å². The van der Waals surface area contributed by atoms with Crippen molar-refractivity contribution in [2.24, 2.45) is 0 Å². The Hall–Kier alpha value is -3.35. The number of hydrogen-bond acceptors (Lipinski definition) is 6. The van der Waals surface area contributed by atoms with E-state index in [-0.39, 0.29) is 18.1 Å². The first-order chi connectivity index (χ1) is 19.0. The predicted octanol–water partition coefficient (Wildman–Crippen LogP) is 6.65. The van der Waals surface area contributed by atoms with Crippen LogP contribution in [-0.2, 0) is 11.3 Å². The van der Waals surface area contributed by atoms with Gasteiger partial charge in [0.2, 0.25) is 0 Å². The molecule has 0 fully saturated rings. The van der Waals surface area contributed by atoms with Crippen molar-refractivity contribution in [3.05, 3.63) is 101 Å². The van der Waals surface area contributed by atoms with Crippen LogP contribution in [0.5, 0.6) is 5.75 Å². The molecule has 0 saturated heterocycles. The van der Waals surface area contributed by atoms with Crippen molar-refractivity contribution in [1.82, 2.24) is 15.7 Å². The fraction of sp³-hybridized carbons (Fsp3) is 0.424. The van der Waals surface area contributed by atoms with E-state index in [1.54, 1.807) is 0 Å². The highest BCUT2D eigenvalue weighted by Crippen LogP contribution is 2.26. The summed E-state index contributed by atoms with van der Waals surface area (Å²) in [6.45, 7) is 2.44. The van der Waals surface area contributed by atoms with Gasteiger partial charge < -0.3 is 20.6 Å². The highest BCUT2D eigenvalue weighted by Gasteiger charge is 2.22. The fourth-order valence-corrected chi connectivity index (χ4v) is 5.55. The van der Waals surface area contributed by atoms with Gasteiger partial charge >= 0.3 is 5.97 Å². The average molecular weight is 528 g/mol. The molecule has 2 atom stereocenters. The molecular weight excluding hydrogens is 486 g/mol. The molecule has 0 radical (unpaired) electrons. The second-order valence-electron chi connectivity index (χ2n) is 11.0. The molecule has 1 aromatic carbocycles. The van der Waals surface area contributed by atoms with Crippen molar-refractivity contribution < 1.29 is 14.7 Å². The number of aryl methyl sites for hydroxylation is 1. The molecule has 39 heavy (non-hydrogen) atoms. The lowest BCUT2D eigenvalue weighted by Crippen LogP contribution is -2.34. The van der Waals surface area contributed by atoms with Gasteiger partial charge in [0, 0.05) is 35.7 Å². The van der Waals surface area contributed by atoms with Crippen LogP contribution in [0.3, 0.4) is 0 Å². The second-order valence-corrected chi connectivity index (χ2v) is 11.0. The number of nitrogens with one attached hydrogen (secondary N) is 2. The summed E-state index contributed by atoms with van der Waals surface area (Å²) in [6, 6.07) is 5.91. The smallest absolute Gasteiger partial charge is 0.343 e. The Labute approximate surface area is 232 Å². The minimum absolute atomic E-state index is 0.0987. The summed E-state index contributed by atoms with van der Waals surface area (Å²) in [6.07, 6.45) is 27.3. The van der Waals surface area contributed by atoms with E-state index in [1.807, 2.05) is 43.4 Å². The van der Waals surface area contributed by atoms with Gasteiger partial charge in [0.1, 0.15) is 5.75 Å². The van der Waals surface area contributed by atoms with Crippen LogP contribution in [0.15, 0.2) is 89.5 Å². The first-order valence-corrected chi connectivity index (χ1v) is 14.5. The molecule has 206 valence electrons. The SMILES string of the molecule is Cc1cc(OC(=O)C2=CCC(NC3=CCCC=C3)C=C2)ccc1CN(O)C1CC=C(NC2=CCCCC2)CC1. The molecule has 0 saturated carbocycles. The number of hydroxylamine groups is 2. The standard InChI is InChI=1S/C33H41N3O3/c1-24-22-32(39-33(37)25-12-15-29(16-13-25)34-27-8-4-2-5-9-27)21-14-26(24)23-36(38)31-19-17-30(18-20-31)35-28-10-6-3-7-11-28/h4,8-10,12-15,17,21-22,29,31,34-35,38H,2-3,5-7,11,16,18-20,23H2,1H3. The Morgan fingerprint density at radius 3 is 2.62 bits per heavy atom. The summed E-state index contributed by atoms with van der Waals surface area (Å²) in [5, 5.41) is 19.4. The summed E-state index contributed by atoms with van der Waals surface area (Å²) in [4.78, 5) is 12.7. The topological polar surface area (TPSA) is 73.8 Å². The van der Waals surface area contributed by atoms with Crippen LogP contribution in [-0.4, -0.2) is 28.3 Å². The zero-order chi connectivity index (χ0) is 27.0. The quantitative estimate of drug-likeness (QED) is 0.190. The lowest BCUT2D eigenvalue weighted by Gasteiger charge is -2.30. The fourth-order valence-electron chi connectivity index (χ4n) is 5.55. The molecule has 6 heteroatoms. The molecule has 1 aromatic rings. The molecule has 0 amide bonds. The van der Waals surface area contributed by atoms with Gasteiger partial charge in [-0.2, -0.15) is 5.06 Å². The number of hydrogen-bond donors (Lipinski definition) is 3. The van der Waals surface area contributed by atoms with Crippen molar-refractivity contribution in [3.8, 4) is 5.75 Å². The number of carbonyl (C=O) groups is 1. The number of ether oxygens (including phenoxy) is 1. The molecule has 4 aliphatic rings. The molecule has 0 heterocycles. The molecule has 0 aromatic heterocycles. The van der Waals surface area contributed by atoms with Crippen LogP contribution in [0.4, 0.5) is 0 Å². The zero-order valence-corrected chi connectivity index (χ0v) is 23.0. The Balaban J connectivity index is 1.09. The van der Waals surface area contributed by atoms with Crippen LogP contribution < -0.4 is 15.4 Å². The third-order valence-corrected chi connectivity index (χ3v) is 7.96. The second kappa shape index (κ2) is 13.1. The molecule has 5 rings (SSSR count). The molecular formula is C33H41N3O3. The lowest BCUT2D eigenvalue weighted by atomic mass is 9.97. The molecule has 2 unspecified atom stereocenters. The van der Waals surface area contributed by atoms with E-state index in [2.05, 4.69) is 41.0 Å². The molecule has 4 aliphatic carbocycles. The minimum Gasteiger partial charge on any atom is -0.423 e. The third-order valence-electron chi connectivity index (χ3n) is 7.96. The van der Waals surface area contributed by atoms with Gasteiger partial charge in [0.05, 0.1) is 5.57 Å². The number of nitrogens with zero attached hydrogens (tertiary/aromatic N) is 1. The van der Waals surface area contributed by atoms with Gasteiger partial charge in [0.15, 0.2) is 0 Å². The molecule has 0 bridgehead atoms. The Kier molecular flexibility index (Phi) is 9.17. The van der Waals surface area contributed by atoms with E-state index in [0.29, 0.717) is 17.9 Å². The number of benzene rings is 1. The van der Waals surface area contributed by atoms with Gasteiger partial charge in [0.25, 0.3) is 0 Å². The highest BCUT2D eigenvalue weighted by molar-refractivity contribution is 5.93. The van der Waals surface area contributed by atoms with Crippen LogP contribution in [0.1, 0.15) is 75.3 Å². The summed E-state index contributed by atoms with van der Waals surface area (Å²) < 4.78 is 5.67. The zero-order valence-electron chi connectivity index (χ0n) is 23.0. The first-order valence-electron chi connectivity index (χ1n) is 14.5. The summed E-state index contributed by atoms with van der Waals surface area (Å²) in [5.74, 6) is 0.172. The van der Waals surface area contributed by atoms with E-state index in [9.17, 15) is 10.0 Å². The van der Waals surface area contributed by atoms with E-state index >= 15 is 0 Å². The maximum atomic E-state index is 12.7. The largest absolute Gasteiger partial charge is 0.423 e. The molecule has 6 nitrogen and oxygen atoms in total. The van der Waals surface area contributed by atoms with E-state index < -0.39 is 0 Å². The number of allylic oxidation sites excluding steroid dienone is 6. The lowest BCUT2D eigenvalue weighted by molar-refractivity contribution is -0.137. The van der Waals surface area contributed by atoms with Crippen LogP contribution in [0, 0.1) is 6.92 Å². The van der Waals surface area contributed by atoms with E-state index in [0.717, 1.165) is 61.8 Å². The molecule has 0 aliphatic heterocycles. The van der Waals surface area contributed by atoms with Crippen molar-refractivity contribution in [2.45, 2.75) is 89.8 Å². The molecule has 3 N–H and O–H groups in total. The Morgan fingerprint density at radius 1 is 1.03 bits per heavy atom. The Morgan fingerprint density at radius 2 is 1.92 bits per heavy atom. The van der Waals surface area contributed by atoms with E-state index in [1.165, 1.54) is 35.7 Å². The third kappa shape index (κ3) is 7.61. The Bertz CT molecular complexity index is 1240. The monoisotopic (exact) mass is 527 g/mol. The highest BCUT2D eigenvalue weighted by atomic mass is 16.5. The van der Waals surface area contributed by atoms with Gasteiger partial charge in [-0.25, -0.2) is 4.79 Å². The number of rotatable bonds is 9. The van der Waals surface area contributed by atoms with Crippen LogP contribution in [0.2, 0.25) is 0 Å². The van der Waals surface area contributed by atoms with Gasteiger partial charge in [-0.3, -0.25) is 0 Å². The maximum Gasteiger partial charge on any atom is 0.343 e. The minimum atomic E-state index is -0.347. The predicted molar refractivity (Wildman–Crippen MR) is 155 cm³/mol. The van der Waals surface area contributed by atoms with Crippen LogP contribution in [0.25, 0.3) is 0 Å². The number of esters is 1. The van der Waals surface area contributed by atoms with Crippen molar-refractivity contribution in [2.75, 3.05) is 0 Å². The van der Waals surface area contributed by atoms with E-state index in [4.69, 9.17) is 4.74 Å². The van der Waals surface area contributed by atoms with Crippen molar-refractivity contribution in [3.63, 3.8) is 0 Å². The summed E-state index contributed by atoms with van der Waals surface area (Å²) in [7, 11) is 0. The molecule has 0 spiro atoms. The van der Waals surface area contributed by atoms with Gasteiger partial charge in [-0.1, -0.05) is 42.5 Å². The van der Waals surface area contributed by atoms with Crippen molar-refractivity contribution >= 4 is 5.97 Å². The van der Waals surface area contributed by atoms with Gasteiger partial charge in [-0.05, 0) is 107 Å². The maximum absolute atomic E-state index is 12.7.